The molecule has 0 amide bonds. The molecule has 0 fully saturated rings. The van der Waals surface area contributed by atoms with E-state index in [0.717, 1.165) is 0 Å². The smallest absolute Gasteiger partial charge is 0.117 e. The van der Waals surface area contributed by atoms with Crippen molar-refractivity contribution >= 4 is 38.4 Å². The maximum Gasteiger partial charge on any atom is 0.117 e. The van der Waals surface area contributed by atoms with Gasteiger partial charge in [-0.05, 0) is 11.4 Å². The Labute approximate surface area is 110 Å². The van der Waals surface area contributed by atoms with Crippen LogP contribution in [0.3, 0.4) is 0 Å². The van der Waals surface area contributed by atoms with Crippen LogP contribution in [0.5, 0.6) is 0 Å². The van der Waals surface area contributed by atoms with Crippen LogP contribution in [0.15, 0.2) is 35.7 Å². The fourth-order valence-corrected chi connectivity index (χ4v) is 4.76. The number of benzene rings is 1. The van der Waals surface area contributed by atoms with E-state index in [4.69, 9.17) is 0 Å². The molecule has 0 radical (unpaired) electrons. The van der Waals surface area contributed by atoms with Crippen molar-refractivity contribution in [3.8, 4) is 0 Å². The average Bonchev–Trinajstić information content (AvgIpc) is 2.29. The molecule has 0 aliphatic carbocycles. The van der Waals surface area contributed by atoms with Crippen molar-refractivity contribution in [2.24, 2.45) is 0 Å². The van der Waals surface area contributed by atoms with Crippen molar-refractivity contribution in [1.82, 2.24) is 0 Å². The summed E-state index contributed by atoms with van der Waals surface area (Å²) < 4.78 is 0. The molecule has 0 saturated carbocycles. The van der Waals surface area contributed by atoms with E-state index in [0.29, 0.717) is 0 Å². The van der Waals surface area contributed by atoms with Crippen LogP contribution in [-0.4, -0.2) is 28.0 Å². The van der Waals surface area contributed by atoms with Gasteiger partial charge < -0.3 is 0 Å². The molecule has 94 valence electrons. The molecule has 0 aliphatic rings. The van der Waals surface area contributed by atoms with Gasteiger partial charge in [0.15, 0.2) is 0 Å². The topological polar surface area (TPSA) is 34.1 Å². The molecule has 4 heteroatoms. The highest BCUT2D eigenvalue weighted by Gasteiger charge is 2.24. The van der Waals surface area contributed by atoms with Gasteiger partial charge in [0.05, 0.1) is 0 Å². The number of hydrogen-bond donors (Lipinski definition) is 0. The molecule has 0 unspecified atom stereocenters. The van der Waals surface area contributed by atoms with Gasteiger partial charge >= 0.3 is 0 Å². The van der Waals surface area contributed by atoms with Gasteiger partial charge in [0.1, 0.15) is 28.0 Å². The van der Waals surface area contributed by atoms with Crippen molar-refractivity contribution in [2.45, 2.75) is 26.2 Å². The van der Waals surface area contributed by atoms with Crippen LogP contribution in [-0.2, 0) is 9.59 Å². The van der Waals surface area contributed by atoms with Gasteiger partial charge in [-0.1, -0.05) is 60.8 Å². The lowest BCUT2D eigenvalue weighted by atomic mass is 10.4. The average molecular weight is 274 g/mol. The summed E-state index contributed by atoms with van der Waals surface area (Å²) in [5, 5.41) is 2.41. The maximum absolute atomic E-state index is 10.5. The molecular weight excluding hydrogens is 256 g/mol. The molecular formula is C14H18O2Si2. The van der Waals surface area contributed by atoms with Crippen LogP contribution in [0.25, 0.3) is 0 Å². The van der Waals surface area contributed by atoms with E-state index in [1.54, 1.807) is 11.4 Å². The minimum absolute atomic E-state index is 1.20. The second-order valence-corrected chi connectivity index (χ2v) is 14.2. The summed E-state index contributed by atoms with van der Waals surface area (Å²) in [5.41, 5.74) is 3.33. The first kappa shape index (κ1) is 14.6. The lowest BCUT2D eigenvalue weighted by Crippen LogP contribution is -2.44. The third-order valence-corrected chi connectivity index (χ3v) is 8.53. The second-order valence-electron chi connectivity index (χ2n) is 5.55. The highest BCUT2D eigenvalue weighted by Crippen LogP contribution is 2.06. The minimum atomic E-state index is -1.80. The predicted molar refractivity (Wildman–Crippen MR) is 81.2 cm³/mol. The Morgan fingerprint density at radius 1 is 0.778 bits per heavy atom. The van der Waals surface area contributed by atoms with Crippen molar-refractivity contribution in [3.63, 3.8) is 0 Å². The highest BCUT2D eigenvalue weighted by molar-refractivity contribution is 6.96. The molecule has 18 heavy (non-hydrogen) atoms. The molecule has 1 aromatic carbocycles. The lowest BCUT2D eigenvalue weighted by Gasteiger charge is -2.20. The summed E-state index contributed by atoms with van der Waals surface area (Å²) in [6.07, 6.45) is 0. The SMILES string of the molecule is C[Si](C)(C=C=O)c1ccc([Si](C)(C)C=C=O)cc1. The molecule has 0 aromatic heterocycles. The Morgan fingerprint density at radius 2 is 1.06 bits per heavy atom. The first-order chi connectivity index (χ1) is 8.33. The molecule has 1 aromatic rings. The summed E-state index contributed by atoms with van der Waals surface area (Å²) in [6, 6.07) is 8.29. The van der Waals surface area contributed by atoms with E-state index in [9.17, 15) is 9.59 Å². The fraction of sp³-hybridized carbons (Fsp3) is 0.286. The summed E-state index contributed by atoms with van der Waals surface area (Å²) >= 11 is 0. The van der Waals surface area contributed by atoms with Crippen molar-refractivity contribution in [2.75, 3.05) is 0 Å². The highest BCUT2D eigenvalue weighted by atomic mass is 28.3. The monoisotopic (exact) mass is 274 g/mol. The van der Waals surface area contributed by atoms with Gasteiger partial charge in [0.25, 0.3) is 0 Å². The summed E-state index contributed by atoms with van der Waals surface area (Å²) in [4.78, 5) is 21.0. The molecule has 0 spiro atoms. The van der Waals surface area contributed by atoms with Gasteiger partial charge in [-0.15, -0.1) is 0 Å². The third kappa shape index (κ3) is 3.28. The van der Waals surface area contributed by atoms with E-state index in [1.165, 1.54) is 10.4 Å². The van der Waals surface area contributed by atoms with Gasteiger partial charge in [0, 0.05) is 0 Å². The number of carbonyl (C=O) groups excluding carboxylic acids is 2. The minimum Gasteiger partial charge on any atom is -0.234 e. The second kappa shape index (κ2) is 5.46. The van der Waals surface area contributed by atoms with Crippen molar-refractivity contribution in [3.05, 3.63) is 35.7 Å². The van der Waals surface area contributed by atoms with Gasteiger partial charge in [-0.25, -0.2) is 9.59 Å². The zero-order valence-corrected chi connectivity index (χ0v) is 13.3. The van der Waals surface area contributed by atoms with Crippen LogP contribution in [0, 0.1) is 0 Å². The summed E-state index contributed by atoms with van der Waals surface area (Å²) in [5.74, 6) is 3.82. The number of rotatable bonds is 4. The van der Waals surface area contributed by atoms with Gasteiger partial charge in [0.2, 0.25) is 0 Å². The first-order valence-corrected chi connectivity index (χ1v) is 12.0. The van der Waals surface area contributed by atoms with Crippen LogP contribution >= 0.6 is 0 Å². The normalized spacial score (nSPS) is 11.3. The quantitative estimate of drug-likeness (QED) is 0.614. The molecule has 0 bridgehead atoms. The Morgan fingerprint density at radius 3 is 1.28 bits per heavy atom. The molecule has 0 N–H and O–H groups in total. The zero-order valence-electron chi connectivity index (χ0n) is 11.3. The van der Waals surface area contributed by atoms with E-state index in [2.05, 4.69) is 50.5 Å². The maximum atomic E-state index is 10.5. The van der Waals surface area contributed by atoms with E-state index < -0.39 is 16.1 Å². The van der Waals surface area contributed by atoms with Crippen LogP contribution in [0.1, 0.15) is 0 Å². The zero-order chi connectivity index (χ0) is 13.8. The third-order valence-electron chi connectivity index (χ3n) is 3.21. The Balaban J connectivity index is 3.14. The Hall–Kier alpha value is -1.45. The van der Waals surface area contributed by atoms with Gasteiger partial charge in [-0.2, -0.15) is 0 Å². The van der Waals surface area contributed by atoms with Crippen LogP contribution < -0.4 is 10.4 Å². The molecule has 0 saturated heterocycles. The lowest BCUT2D eigenvalue weighted by molar-refractivity contribution is 0.568. The molecule has 1 rings (SSSR count). The van der Waals surface area contributed by atoms with E-state index in [-0.39, 0.29) is 0 Å². The fourth-order valence-electron chi connectivity index (χ4n) is 1.79. The van der Waals surface area contributed by atoms with Crippen LogP contribution in [0.4, 0.5) is 0 Å². The first-order valence-electron chi connectivity index (χ1n) is 5.88. The Bertz CT molecular complexity index is 468. The van der Waals surface area contributed by atoms with E-state index in [1.807, 2.05) is 11.9 Å². The van der Waals surface area contributed by atoms with E-state index >= 15 is 0 Å². The standard InChI is InChI=1S/C14H18O2Si2/c1-17(2,11-9-15)13-5-7-14(8-6-13)18(3,4)12-10-16/h5-8,11-12H,1-4H3. The van der Waals surface area contributed by atoms with Crippen molar-refractivity contribution in [1.29, 1.82) is 0 Å². The Kier molecular flexibility index (Phi) is 4.44. The van der Waals surface area contributed by atoms with Crippen molar-refractivity contribution < 1.29 is 9.59 Å². The molecule has 0 aliphatic heterocycles. The summed E-state index contributed by atoms with van der Waals surface area (Å²) in [7, 11) is -3.60. The largest absolute Gasteiger partial charge is 0.234 e. The number of hydrogen-bond acceptors (Lipinski definition) is 2. The molecule has 0 atom stereocenters. The van der Waals surface area contributed by atoms with Gasteiger partial charge in [-0.3, -0.25) is 0 Å². The molecule has 2 nitrogen and oxygen atoms in total. The molecule has 0 heterocycles. The predicted octanol–water partition coefficient (Wildman–Crippen LogP) is 1.37. The summed E-state index contributed by atoms with van der Waals surface area (Å²) in [6.45, 7) is 8.45. The van der Waals surface area contributed by atoms with Crippen LogP contribution in [0.2, 0.25) is 26.2 Å².